The minimum absolute atomic E-state index is 0.199. The van der Waals surface area contributed by atoms with Crippen molar-refractivity contribution in [3.05, 3.63) is 33.4 Å². The van der Waals surface area contributed by atoms with E-state index in [0.29, 0.717) is 24.1 Å². The van der Waals surface area contributed by atoms with Crippen LogP contribution in [0.15, 0.2) is 17.0 Å². The molecule has 8 heteroatoms. The second-order valence-electron chi connectivity index (χ2n) is 6.17. The quantitative estimate of drug-likeness (QED) is 0.666. The van der Waals surface area contributed by atoms with Crippen molar-refractivity contribution in [3.63, 3.8) is 0 Å². The molecule has 1 saturated heterocycles. The van der Waals surface area contributed by atoms with E-state index < -0.39 is 14.9 Å². The summed E-state index contributed by atoms with van der Waals surface area (Å²) < 4.78 is 27.7. The van der Waals surface area contributed by atoms with Crippen molar-refractivity contribution in [1.82, 2.24) is 4.31 Å². The Kier molecular flexibility index (Phi) is 5.07. The molecule has 0 spiro atoms. The van der Waals surface area contributed by atoms with E-state index in [-0.39, 0.29) is 22.7 Å². The highest BCUT2D eigenvalue weighted by Gasteiger charge is 2.40. The van der Waals surface area contributed by atoms with Crippen LogP contribution in [0.1, 0.15) is 37.3 Å². The molecule has 0 aromatic heterocycles. The largest absolute Gasteiger partial charge is 0.326 e. The number of sulfonamides is 1. The van der Waals surface area contributed by atoms with Crippen LogP contribution in [-0.4, -0.2) is 36.3 Å². The molecule has 2 N–H and O–H groups in total. The molecule has 23 heavy (non-hydrogen) atoms. The SMILES string of the molecule is Cc1ccc(C)c(S(=O)(=O)N2CCCCC2C(C)N)c1[N+](=O)[O-]. The van der Waals surface area contributed by atoms with Crippen LogP contribution < -0.4 is 5.73 Å². The van der Waals surface area contributed by atoms with Crippen LogP contribution in [-0.2, 0) is 10.0 Å². The van der Waals surface area contributed by atoms with Gasteiger partial charge in [-0.2, -0.15) is 4.31 Å². The van der Waals surface area contributed by atoms with Gasteiger partial charge in [0.1, 0.15) is 0 Å². The molecule has 2 unspecified atom stereocenters. The first-order chi connectivity index (χ1) is 10.7. The Hall–Kier alpha value is -1.51. The van der Waals surface area contributed by atoms with Gasteiger partial charge in [-0.15, -0.1) is 0 Å². The number of benzene rings is 1. The first-order valence-corrected chi connectivity index (χ1v) is 9.14. The number of aryl methyl sites for hydroxylation is 2. The van der Waals surface area contributed by atoms with E-state index in [2.05, 4.69) is 0 Å². The Labute approximate surface area is 136 Å². The third-order valence-electron chi connectivity index (χ3n) is 4.38. The van der Waals surface area contributed by atoms with Gasteiger partial charge in [0.05, 0.1) is 4.92 Å². The van der Waals surface area contributed by atoms with Gasteiger partial charge in [-0.1, -0.05) is 18.6 Å². The van der Waals surface area contributed by atoms with E-state index in [4.69, 9.17) is 5.73 Å². The summed E-state index contributed by atoms with van der Waals surface area (Å²) in [5, 5.41) is 11.4. The van der Waals surface area contributed by atoms with Gasteiger partial charge < -0.3 is 5.73 Å². The maximum atomic E-state index is 13.2. The molecular weight excluding hydrogens is 318 g/mol. The van der Waals surface area contributed by atoms with E-state index in [9.17, 15) is 18.5 Å². The molecule has 7 nitrogen and oxygen atoms in total. The maximum Gasteiger partial charge on any atom is 0.292 e. The molecule has 1 aliphatic rings. The van der Waals surface area contributed by atoms with Crippen LogP contribution in [0.25, 0.3) is 0 Å². The molecule has 1 fully saturated rings. The summed E-state index contributed by atoms with van der Waals surface area (Å²) in [6.07, 6.45) is 2.32. The van der Waals surface area contributed by atoms with E-state index in [1.165, 1.54) is 4.31 Å². The average molecular weight is 341 g/mol. The summed E-state index contributed by atoms with van der Waals surface area (Å²) in [7, 11) is -3.97. The summed E-state index contributed by atoms with van der Waals surface area (Å²) in [5.74, 6) is 0. The minimum Gasteiger partial charge on any atom is -0.326 e. The fourth-order valence-corrected chi connectivity index (χ4v) is 5.41. The summed E-state index contributed by atoms with van der Waals surface area (Å²) in [5.41, 5.74) is 6.35. The molecule has 1 heterocycles. The number of nitrogens with two attached hydrogens (primary N) is 1. The number of hydrogen-bond donors (Lipinski definition) is 1. The number of rotatable bonds is 4. The fraction of sp³-hybridized carbons (Fsp3) is 0.600. The highest BCUT2D eigenvalue weighted by molar-refractivity contribution is 7.89. The third kappa shape index (κ3) is 3.24. The van der Waals surface area contributed by atoms with E-state index in [0.717, 1.165) is 12.8 Å². The molecular formula is C15H23N3O4S. The van der Waals surface area contributed by atoms with Gasteiger partial charge in [0.2, 0.25) is 10.0 Å². The topological polar surface area (TPSA) is 107 Å². The van der Waals surface area contributed by atoms with Gasteiger partial charge >= 0.3 is 0 Å². The molecule has 1 aromatic rings. The van der Waals surface area contributed by atoms with Crippen LogP contribution in [0.3, 0.4) is 0 Å². The van der Waals surface area contributed by atoms with Gasteiger partial charge in [-0.3, -0.25) is 10.1 Å². The molecule has 0 saturated carbocycles. The number of nitrogens with zero attached hydrogens (tertiary/aromatic N) is 2. The van der Waals surface area contributed by atoms with Gasteiger partial charge in [0.15, 0.2) is 4.90 Å². The van der Waals surface area contributed by atoms with Gasteiger partial charge in [-0.05, 0) is 39.2 Å². The van der Waals surface area contributed by atoms with E-state index in [1.54, 1.807) is 32.9 Å². The van der Waals surface area contributed by atoms with Crippen molar-refractivity contribution in [2.24, 2.45) is 5.73 Å². The Morgan fingerprint density at radius 2 is 1.91 bits per heavy atom. The molecule has 0 bridgehead atoms. The van der Waals surface area contributed by atoms with Crippen molar-refractivity contribution in [1.29, 1.82) is 0 Å². The van der Waals surface area contributed by atoms with E-state index >= 15 is 0 Å². The molecule has 0 aliphatic carbocycles. The van der Waals surface area contributed by atoms with Crippen molar-refractivity contribution in [3.8, 4) is 0 Å². The first-order valence-electron chi connectivity index (χ1n) is 7.70. The molecule has 1 aliphatic heterocycles. The zero-order chi connectivity index (χ0) is 17.4. The van der Waals surface area contributed by atoms with Crippen molar-refractivity contribution in [2.75, 3.05) is 6.54 Å². The number of nitro benzene ring substituents is 1. The Morgan fingerprint density at radius 3 is 2.48 bits per heavy atom. The summed E-state index contributed by atoms with van der Waals surface area (Å²) in [4.78, 5) is 10.6. The monoisotopic (exact) mass is 341 g/mol. The molecule has 1 aromatic carbocycles. The molecule has 2 rings (SSSR count). The minimum atomic E-state index is -3.97. The standard InChI is InChI=1S/C15H23N3O4S/c1-10-7-8-11(2)15(14(10)18(19)20)23(21,22)17-9-5-4-6-13(17)12(3)16/h7-8,12-13H,4-6,9,16H2,1-3H3. The number of hydrogen-bond acceptors (Lipinski definition) is 5. The molecule has 2 atom stereocenters. The van der Waals surface area contributed by atoms with Crippen LogP contribution >= 0.6 is 0 Å². The van der Waals surface area contributed by atoms with Gasteiger partial charge in [0.25, 0.3) is 5.69 Å². The molecule has 0 amide bonds. The number of piperidine rings is 1. The lowest BCUT2D eigenvalue weighted by Gasteiger charge is -2.37. The molecule has 0 radical (unpaired) electrons. The summed E-state index contributed by atoms with van der Waals surface area (Å²) in [6.45, 7) is 5.26. The Bertz CT molecular complexity index is 716. The normalized spacial score (nSPS) is 21.1. The third-order valence-corrected chi connectivity index (χ3v) is 6.49. The lowest BCUT2D eigenvalue weighted by atomic mass is 10.00. The maximum absolute atomic E-state index is 13.2. The predicted octanol–water partition coefficient (Wildman–Crippen LogP) is 2.10. The zero-order valence-corrected chi connectivity index (χ0v) is 14.5. The van der Waals surface area contributed by atoms with Crippen LogP contribution in [0, 0.1) is 24.0 Å². The Balaban J connectivity index is 2.64. The van der Waals surface area contributed by atoms with Crippen LogP contribution in [0.4, 0.5) is 5.69 Å². The lowest BCUT2D eigenvalue weighted by Crippen LogP contribution is -2.51. The summed E-state index contributed by atoms with van der Waals surface area (Å²) >= 11 is 0. The van der Waals surface area contributed by atoms with Crippen LogP contribution in [0.5, 0.6) is 0 Å². The van der Waals surface area contributed by atoms with Crippen molar-refractivity contribution >= 4 is 15.7 Å². The predicted molar refractivity (Wildman–Crippen MR) is 87.8 cm³/mol. The smallest absolute Gasteiger partial charge is 0.292 e. The average Bonchev–Trinajstić information content (AvgIpc) is 2.48. The van der Waals surface area contributed by atoms with Gasteiger partial charge in [-0.25, -0.2) is 8.42 Å². The van der Waals surface area contributed by atoms with E-state index in [1.807, 2.05) is 0 Å². The molecule has 128 valence electrons. The zero-order valence-electron chi connectivity index (χ0n) is 13.7. The number of nitro groups is 1. The second kappa shape index (κ2) is 6.54. The second-order valence-corrected chi connectivity index (χ2v) is 8.00. The van der Waals surface area contributed by atoms with Crippen LogP contribution in [0.2, 0.25) is 0 Å². The first kappa shape index (κ1) is 17.8. The highest BCUT2D eigenvalue weighted by atomic mass is 32.2. The fourth-order valence-electron chi connectivity index (χ4n) is 3.19. The Morgan fingerprint density at radius 1 is 1.30 bits per heavy atom. The van der Waals surface area contributed by atoms with Crippen molar-refractivity contribution < 1.29 is 13.3 Å². The summed E-state index contributed by atoms with van der Waals surface area (Å²) in [6, 6.07) is 2.54. The highest BCUT2D eigenvalue weighted by Crippen LogP contribution is 2.35. The lowest BCUT2D eigenvalue weighted by molar-refractivity contribution is -0.388. The van der Waals surface area contributed by atoms with Gasteiger partial charge in [0, 0.05) is 24.2 Å². The van der Waals surface area contributed by atoms with Crippen molar-refractivity contribution in [2.45, 2.75) is 57.0 Å².